The minimum atomic E-state index is -0.881. The Morgan fingerprint density at radius 1 is 0.294 bits per heavy atom. The van der Waals surface area contributed by atoms with Gasteiger partial charge in [-0.15, -0.1) is 0 Å². The molecular formula is C46H31N5. The lowest BCUT2D eigenvalue weighted by Crippen LogP contribution is -2.34. The third-order valence-corrected chi connectivity index (χ3v) is 10.1. The van der Waals surface area contributed by atoms with Crippen LogP contribution in [0.15, 0.2) is 188 Å². The summed E-state index contributed by atoms with van der Waals surface area (Å²) in [5, 5.41) is 4.59. The van der Waals surface area contributed by atoms with Crippen molar-refractivity contribution in [3.8, 4) is 11.9 Å². The van der Waals surface area contributed by atoms with E-state index in [1.54, 1.807) is 0 Å². The van der Waals surface area contributed by atoms with E-state index in [0.29, 0.717) is 17.7 Å². The first kappa shape index (κ1) is 29.1. The molecule has 0 saturated heterocycles. The van der Waals surface area contributed by atoms with Crippen molar-refractivity contribution in [1.82, 2.24) is 24.1 Å². The molecule has 0 unspecified atom stereocenters. The van der Waals surface area contributed by atoms with Gasteiger partial charge in [0.25, 0.3) is 0 Å². The molecule has 0 aliphatic carbocycles. The van der Waals surface area contributed by atoms with Gasteiger partial charge in [-0.25, -0.2) is 0 Å². The van der Waals surface area contributed by atoms with E-state index >= 15 is 0 Å². The summed E-state index contributed by atoms with van der Waals surface area (Å²) in [5.41, 5.74) is 6.46. The molecule has 5 nitrogen and oxygen atoms in total. The Bertz CT molecular complexity index is 2520. The van der Waals surface area contributed by atoms with Crippen molar-refractivity contribution in [2.45, 2.75) is 5.41 Å². The van der Waals surface area contributed by atoms with E-state index in [1.807, 2.05) is 0 Å². The lowest BCUT2D eigenvalue weighted by Gasteiger charge is -2.34. The molecule has 10 rings (SSSR count). The quantitative estimate of drug-likeness (QED) is 0.168. The predicted octanol–water partition coefficient (Wildman–Crippen LogP) is 10.4. The van der Waals surface area contributed by atoms with Gasteiger partial charge in [-0.1, -0.05) is 164 Å². The van der Waals surface area contributed by atoms with E-state index in [4.69, 9.17) is 15.0 Å². The highest BCUT2D eigenvalue weighted by Crippen LogP contribution is 2.44. The second-order valence-electron chi connectivity index (χ2n) is 12.8. The third kappa shape index (κ3) is 4.38. The Morgan fingerprint density at radius 3 is 0.882 bits per heavy atom. The number of benzene rings is 7. The van der Waals surface area contributed by atoms with Gasteiger partial charge >= 0.3 is 0 Å². The van der Waals surface area contributed by atoms with Crippen LogP contribution in [0, 0.1) is 0 Å². The Balaban J connectivity index is 1.41. The molecule has 3 aromatic heterocycles. The van der Waals surface area contributed by atoms with Crippen LogP contribution in [0.25, 0.3) is 55.5 Å². The number of fused-ring (bicyclic) bond motifs is 6. The molecule has 0 amide bonds. The number of rotatable bonds is 6. The molecule has 0 atom stereocenters. The van der Waals surface area contributed by atoms with Crippen LogP contribution in [-0.4, -0.2) is 24.1 Å². The molecule has 240 valence electrons. The number of para-hydroxylation sites is 4. The van der Waals surface area contributed by atoms with Gasteiger partial charge in [-0.05, 0) is 41.0 Å². The highest BCUT2D eigenvalue weighted by molar-refractivity contribution is 6.10. The van der Waals surface area contributed by atoms with Gasteiger partial charge in [0.2, 0.25) is 11.9 Å². The number of hydrogen-bond acceptors (Lipinski definition) is 3. The average Bonchev–Trinajstić information content (AvgIpc) is 3.73. The second kappa shape index (κ2) is 11.6. The molecule has 5 heteroatoms. The summed E-state index contributed by atoms with van der Waals surface area (Å²) in [5.74, 6) is 1.75. The fourth-order valence-corrected chi connectivity index (χ4v) is 7.95. The summed E-state index contributed by atoms with van der Waals surface area (Å²) in [4.78, 5) is 16.6. The van der Waals surface area contributed by atoms with E-state index in [0.717, 1.165) is 60.3 Å². The monoisotopic (exact) mass is 653 g/mol. The van der Waals surface area contributed by atoms with Gasteiger partial charge in [0.15, 0.2) is 5.82 Å². The van der Waals surface area contributed by atoms with Crippen LogP contribution < -0.4 is 0 Å². The highest BCUT2D eigenvalue weighted by atomic mass is 15.3. The van der Waals surface area contributed by atoms with Crippen LogP contribution in [0.1, 0.15) is 22.5 Å². The van der Waals surface area contributed by atoms with Crippen molar-refractivity contribution in [3.63, 3.8) is 0 Å². The molecule has 0 spiro atoms. The zero-order valence-corrected chi connectivity index (χ0v) is 27.6. The first-order chi connectivity index (χ1) is 25.3. The molecule has 7 aromatic carbocycles. The topological polar surface area (TPSA) is 48.5 Å². The molecule has 0 bridgehead atoms. The molecule has 0 N–H and O–H groups in total. The minimum absolute atomic E-state index is 0.557. The van der Waals surface area contributed by atoms with Crippen molar-refractivity contribution in [1.29, 1.82) is 0 Å². The summed E-state index contributed by atoms with van der Waals surface area (Å²) < 4.78 is 4.39. The molecular weight excluding hydrogens is 623 g/mol. The largest absolute Gasteiger partial charge is 0.278 e. The maximum absolute atomic E-state index is 5.58. The Morgan fingerprint density at radius 2 is 0.569 bits per heavy atom. The van der Waals surface area contributed by atoms with Crippen LogP contribution in [0.5, 0.6) is 0 Å². The van der Waals surface area contributed by atoms with Gasteiger partial charge < -0.3 is 0 Å². The standard InChI is InChI=1S/C46H31N5/c1-4-18-32(19-5-1)46(33-20-6-2-7-21-33,34-22-8-3-9-23-34)43-47-44(50-39-28-14-10-24-35(39)36-25-11-15-29-40(36)50)49-45(48-43)51-41-30-16-12-26-37(41)38-27-13-17-31-42(38)51/h1-31H. The Hall–Kier alpha value is -6.85. The van der Waals surface area contributed by atoms with Gasteiger partial charge in [-0.2, -0.15) is 15.0 Å². The lowest BCUT2D eigenvalue weighted by atomic mass is 9.68. The summed E-state index contributed by atoms with van der Waals surface area (Å²) in [6.07, 6.45) is 0. The van der Waals surface area contributed by atoms with Crippen LogP contribution in [0.4, 0.5) is 0 Å². The van der Waals surface area contributed by atoms with Crippen LogP contribution >= 0.6 is 0 Å². The number of hydrogen-bond donors (Lipinski definition) is 0. The normalized spacial score (nSPS) is 11.9. The van der Waals surface area contributed by atoms with Crippen molar-refractivity contribution < 1.29 is 0 Å². The molecule has 0 fully saturated rings. The maximum Gasteiger partial charge on any atom is 0.239 e. The van der Waals surface area contributed by atoms with Crippen molar-refractivity contribution in [2.24, 2.45) is 0 Å². The molecule has 0 saturated carbocycles. The summed E-state index contributed by atoms with van der Waals surface area (Å²) in [6.45, 7) is 0. The van der Waals surface area contributed by atoms with E-state index in [2.05, 4.69) is 197 Å². The Kier molecular flexibility index (Phi) is 6.64. The maximum atomic E-state index is 5.58. The molecule has 0 aliphatic rings. The fourth-order valence-electron chi connectivity index (χ4n) is 7.95. The van der Waals surface area contributed by atoms with Crippen molar-refractivity contribution >= 4 is 43.6 Å². The smallest absolute Gasteiger partial charge is 0.239 e. The predicted molar refractivity (Wildman–Crippen MR) is 207 cm³/mol. The SMILES string of the molecule is c1ccc(C(c2ccccc2)(c2ccccc2)c2nc(-n3c4ccccc4c4ccccc43)nc(-n3c4ccccc4c4ccccc43)n2)cc1. The fraction of sp³-hybridized carbons (Fsp3) is 0.0217. The zero-order chi connectivity index (χ0) is 33.8. The van der Waals surface area contributed by atoms with Crippen molar-refractivity contribution in [2.75, 3.05) is 0 Å². The summed E-state index contributed by atoms with van der Waals surface area (Å²) in [6, 6.07) is 65.8. The number of aromatic nitrogens is 5. The van der Waals surface area contributed by atoms with E-state index in [1.165, 1.54) is 0 Å². The van der Waals surface area contributed by atoms with E-state index in [9.17, 15) is 0 Å². The van der Waals surface area contributed by atoms with Crippen LogP contribution in [0.2, 0.25) is 0 Å². The van der Waals surface area contributed by atoms with Crippen LogP contribution in [0.3, 0.4) is 0 Å². The zero-order valence-electron chi connectivity index (χ0n) is 27.6. The molecule has 0 radical (unpaired) electrons. The van der Waals surface area contributed by atoms with Crippen LogP contribution in [-0.2, 0) is 5.41 Å². The first-order valence-electron chi connectivity index (χ1n) is 17.2. The average molecular weight is 654 g/mol. The van der Waals surface area contributed by atoms with Crippen molar-refractivity contribution in [3.05, 3.63) is 211 Å². The molecule has 0 aliphatic heterocycles. The summed E-state index contributed by atoms with van der Waals surface area (Å²) >= 11 is 0. The lowest BCUT2D eigenvalue weighted by molar-refractivity contribution is 0.659. The summed E-state index contributed by atoms with van der Waals surface area (Å²) in [7, 11) is 0. The van der Waals surface area contributed by atoms with Gasteiger partial charge in [-0.3, -0.25) is 9.13 Å². The first-order valence-corrected chi connectivity index (χ1v) is 17.2. The number of nitrogens with zero attached hydrogens (tertiary/aromatic N) is 5. The van der Waals surface area contributed by atoms with E-state index < -0.39 is 5.41 Å². The van der Waals surface area contributed by atoms with Gasteiger partial charge in [0.1, 0.15) is 5.41 Å². The van der Waals surface area contributed by atoms with E-state index in [-0.39, 0.29) is 0 Å². The molecule has 51 heavy (non-hydrogen) atoms. The second-order valence-corrected chi connectivity index (χ2v) is 12.8. The highest BCUT2D eigenvalue weighted by Gasteiger charge is 2.42. The van der Waals surface area contributed by atoms with Gasteiger partial charge in [0.05, 0.1) is 22.1 Å². The Labute approximate surface area is 294 Å². The molecule has 10 aromatic rings. The van der Waals surface area contributed by atoms with Gasteiger partial charge in [0, 0.05) is 21.5 Å². The molecule has 3 heterocycles. The minimum Gasteiger partial charge on any atom is -0.278 e. The third-order valence-electron chi connectivity index (χ3n) is 10.1.